The molecular formula is C40H46N8O9S. The Morgan fingerprint density at radius 2 is 1.66 bits per heavy atom. The third-order valence-electron chi connectivity index (χ3n) is 11.7. The van der Waals surface area contributed by atoms with Gasteiger partial charge in [0.05, 0.1) is 25.2 Å². The molecule has 0 spiro atoms. The van der Waals surface area contributed by atoms with Crippen molar-refractivity contribution in [1.29, 1.82) is 0 Å². The Hall–Kier alpha value is -5.40. The van der Waals surface area contributed by atoms with Crippen molar-refractivity contribution >= 4 is 44.2 Å². The Morgan fingerprint density at radius 1 is 0.931 bits per heavy atom. The molecule has 0 aliphatic carbocycles. The fourth-order valence-electron chi connectivity index (χ4n) is 8.41. The summed E-state index contributed by atoms with van der Waals surface area (Å²) >= 11 is 0. The monoisotopic (exact) mass is 814 g/mol. The minimum atomic E-state index is -3.56. The molecule has 3 amide bonds. The fraction of sp³-hybridized carbons (Fsp3) is 0.425. The molecule has 3 saturated heterocycles. The zero-order valence-corrected chi connectivity index (χ0v) is 33.3. The van der Waals surface area contributed by atoms with E-state index < -0.39 is 45.3 Å². The predicted molar refractivity (Wildman–Crippen MR) is 214 cm³/mol. The number of pyridine rings is 2. The summed E-state index contributed by atoms with van der Waals surface area (Å²) < 4.78 is 42.5. The number of methoxy groups -OCH3 is 2. The van der Waals surface area contributed by atoms with Gasteiger partial charge in [-0.2, -0.15) is 0 Å². The summed E-state index contributed by atoms with van der Waals surface area (Å²) in [7, 11) is 1.30. The molecule has 4 aliphatic rings. The number of anilines is 1. The molecule has 3 N–H and O–H groups in total. The number of aromatic nitrogens is 2. The number of aryl methyl sites for hydroxylation is 1. The number of hydrogen-bond acceptors (Lipinski definition) is 13. The highest BCUT2D eigenvalue weighted by Gasteiger charge is 2.45. The second-order valence-electron chi connectivity index (χ2n) is 15.1. The highest BCUT2D eigenvalue weighted by Crippen LogP contribution is 2.39. The summed E-state index contributed by atoms with van der Waals surface area (Å²) in [6, 6.07) is 10.0. The number of amides is 3. The topological polar surface area (TPSA) is 196 Å². The van der Waals surface area contributed by atoms with Crippen molar-refractivity contribution in [2.45, 2.75) is 36.9 Å². The molecule has 18 heteroatoms. The van der Waals surface area contributed by atoms with Gasteiger partial charge in [0, 0.05) is 113 Å². The van der Waals surface area contributed by atoms with Crippen LogP contribution in [-0.2, 0) is 33.2 Å². The van der Waals surface area contributed by atoms with E-state index >= 15 is 0 Å². The summed E-state index contributed by atoms with van der Waals surface area (Å²) in [6.07, 6.45) is 3.98. The lowest BCUT2D eigenvalue weighted by molar-refractivity contribution is -0.139. The lowest BCUT2D eigenvalue weighted by Gasteiger charge is -2.39. The van der Waals surface area contributed by atoms with Crippen molar-refractivity contribution in [2.75, 3.05) is 71.5 Å². The number of piperidine rings is 1. The first-order valence-corrected chi connectivity index (χ1v) is 20.8. The van der Waals surface area contributed by atoms with E-state index in [4.69, 9.17) is 9.47 Å². The summed E-state index contributed by atoms with van der Waals surface area (Å²) in [4.78, 5) is 61.8. The Bertz CT molecular complexity index is 2440. The van der Waals surface area contributed by atoms with Gasteiger partial charge in [0.2, 0.25) is 21.8 Å². The normalized spacial score (nSPS) is 20.7. The third-order valence-corrected chi connectivity index (χ3v) is 13.5. The van der Waals surface area contributed by atoms with E-state index in [-0.39, 0.29) is 24.9 Å². The van der Waals surface area contributed by atoms with Gasteiger partial charge in [0.1, 0.15) is 22.8 Å². The number of rotatable bonds is 12. The van der Waals surface area contributed by atoms with Gasteiger partial charge >= 0.3 is 0 Å². The molecule has 0 radical (unpaired) electrons. The highest BCUT2D eigenvalue weighted by molar-refractivity contribution is 7.90. The lowest BCUT2D eigenvalue weighted by Crippen LogP contribution is -2.57. The van der Waals surface area contributed by atoms with Crippen LogP contribution in [0.5, 0.6) is 11.5 Å². The number of nitrogens with zero attached hydrogens (tertiary/aromatic N) is 6. The van der Waals surface area contributed by atoms with Gasteiger partial charge in [-0.15, -0.1) is 0 Å². The zero-order valence-electron chi connectivity index (χ0n) is 32.5. The maximum absolute atomic E-state index is 13.3. The van der Waals surface area contributed by atoms with E-state index in [1.54, 1.807) is 52.0 Å². The molecule has 2 atom stereocenters. The zero-order chi connectivity index (χ0) is 40.9. The van der Waals surface area contributed by atoms with Crippen LogP contribution in [0.25, 0.3) is 21.9 Å². The summed E-state index contributed by atoms with van der Waals surface area (Å²) in [5.74, 6) is -0.238. The molecule has 2 unspecified atom stereocenters. The molecule has 17 nitrogen and oxygen atoms in total. The van der Waals surface area contributed by atoms with E-state index in [1.165, 1.54) is 4.57 Å². The van der Waals surface area contributed by atoms with Crippen molar-refractivity contribution in [2.24, 2.45) is 7.05 Å². The van der Waals surface area contributed by atoms with Gasteiger partial charge in [0.25, 0.3) is 11.5 Å². The maximum Gasteiger partial charge on any atom is 0.259 e. The summed E-state index contributed by atoms with van der Waals surface area (Å²) in [5, 5.41) is 13.9. The molecule has 0 bridgehead atoms. The predicted octanol–water partition coefficient (Wildman–Crippen LogP) is 0.795. The average Bonchev–Trinajstić information content (AvgIpc) is 3.45. The van der Waals surface area contributed by atoms with Crippen molar-refractivity contribution in [3.63, 3.8) is 0 Å². The first kappa shape index (κ1) is 39.4. The first-order valence-electron chi connectivity index (χ1n) is 19.2. The maximum atomic E-state index is 13.3. The van der Waals surface area contributed by atoms with Crippen LogP contribution in [0, 0.1) is 0 Å². The van der Waals surface area contributed by atoms with Crippen LogP contribution in [-0.4, -0.2) is 133 Å². The molecule has 8 rings (SSSR count). The first-order chi connectivity index (χ1) is 27.9. The number of aliphatic hydroxyl groups excluding tert-OH is 1. The Morgan fingerprint density at radius 3 is 2.34 bits per heavy atom. The van der Waals surface area contributed by atoms with Crippen molar-refractivity contribution in [3.05, 3.63) is 82.0 Å². The quantitative estimate of drug-likeness (QED) is 0.170. The minimum Gasteiger partial charge on any atom is -0.496 e. The number of carbonyl (C=O) groups excluding carboxylic acids is 3. The standard InChI is InChI=1S/C40H46N8O9S/c1-44-22-31(27-8-9-41-19-30(27)38(44)51)24-16-34(56-2)32(35(17-24)57-3)23-46-20-26(21-46)58(54,55)42-10-11-45-12-14-47(15-13-45)25-4-5-28-29(18-25)40(53)48(39(28)52)33-6-7-36(49)43-37(33)50/h4-5,8-9,16-19,22,26,33,39,42,52H,6-7,10-15,20-21,23H2,1-3H3,(H,43,49,50). The lowest BCUT2D eigenvalue weighted by atomic mass is 9.98. The van der Waals surface area contributed by atoms with E-state index in [1.807, 2.05) is 29.2 Å². The Balaban J connectivity index is 0.826. The molecule has 58 heavy (non-hydrogen) atoms. The number of ether oxygens (including phenoxy) is 2. The van der Waals surface area contributed by atoms with E-state index in [0.29, 0.717) is 80.4 Å². The number of piperazine rings is 1. The number of sulfonamides is 1. The van der Waals surface area contributed by atoms with Crippen LogP contribution in [0.3, 0.4) is 0 Å². The summed E-state index contributed by atoms with van der Waals surface area (Å²) in [5.41, 5.74) is 3.87. The smallest absolute Gasteiger partial charge is 0.259 e. The number of likely N-dealkylation sites (tertiary alicyclic amines) is 1. The molecule has 4 aromatic rings. The summed E-state index contributed by atoms with van der Waals surface area (Å²) in [6.45, 7) is 4.64. The third kappa shape index (κ3) is 7.30. The van der Waals surface area contributed by atoms with Crippen molar-refractivity contribution < 1.29 is 37.4 Å². The van der Waals surface area contributed by atoms with Crippen molar-refractivity contribution in [1.82, 2.24) is 34.3 Å². The van der Waals surface area contributed by atoms with E-state index in [9.17, 15) is 32.7 Å². The highest BCUT2D eigenvalue weighted by atomic mass is 32.2. The van der Waals surface area contributed by atoms with Gasteiger partial charge in [-0.25, -0.2) is 13.1 Å². The van der Waals surface area contributed by atoms with E-state index in [2.05, 4.69) is 24.8 Å². The van der Waals surface area contributed by atoms with Crippen LogP contribution < -0.4 is 30.0 Å². The number of hydrogen-bond donors (Lipinski definition) is 3. The molecule has 2 aromatic carbocycles. The minimum absolute atomic E-state index is 0.0986. The second kappa shape index (κ2) is 15.7. The molecule has 4 aliphatic heterocycles. The fourth-order valence-corrected chi connectivity index (χ4v) is 9.84. The van der Waals surface area contributed by atoms with E-state index in [0.717, 1.165) is 32.7 Å². The SMILES string of the molecule is COc1cc(-c2cn(C)c(=O)c3cnccc23)cc(OC)c1CN1CC(S(=O)(=O)NCCN2CCN(c3ccc4c(c3)C(=O)N(C3CCC(=O)NC3=O)C4O)CC2)C1. The van der Waals surface area contributed by atoms with Gasteiger partial charge < -0.3 is 24.0 Å². The van der Waals surface area contributed by atoms with Crippen LogP contribution >= 0.6 is 0 Å². The molecule has 306 valence electrons. The molecule has 3 fully saturated rings. The number of carbonyl (C=O) groups is 3. The molecular weight excluding hydrogens is 769 g/mol. The molecule has 0 saturated carbocycles. The Labute approximate surface area is 335 Å². The largest absolute Gasteiger partial charge is 0.496 e. The Kier molecular flexibility index (Phi) is 10.7. The van der Waals surface area contributed by atoms with Gasteiger partial charge in [-0.1, -0.05) is 6.07 Å². The van der Waals surface area contributed by atoms with Crippen LogP contribution in [0.2, 0.25) is 0 Å². The van der Waals surface area contributed by atoms with Gasteiger partial charge in [-0.3, -0.25) is 44.2 Å². The number of nitrogens with one attached hydrogen (secondary N) is 2. The number of imide groups is 1. The van der Waals surface area contributed by atoms with Gasteiger partial charge in [0.15, 0.2) is 6.23 Å². The number of benzene rings is 2. The van der Waals surface area contributed by atoms with Crippen LogP contribution in [0.15, 0.2) is 59.8 Å². The van der Waals surface area contributed by atoms with Gasteiger partial charge in [-0.05, 0) is 47.7 Å². The molecule has 6 heterocycles. The molecule has 2 aromatic heterocycles. The number of fused-ring (bicyclic) bond motifs is 2. The number of aliphatic hydroxyl groups is 1. The van der Waals surface area contributed by atoms with Crippen LogP contribution in [0.1, 0.15) is 40.6 Å². The van der Waals surface area contributed by atoms with Crippen LogP contribution in [0.4, 0.5) is 5.69 Å². The average molecular weight is 815 g/mol. The second-order valence-corrected chi connectivity index (χ2v) is 17.2. The van der Waals surface area contributed by atoms with Crippen molar-refractivity contribution in [3.8, 4) is 22.6 Å².